The lowest BCUT2D eigenvalue weighted by Gasteiger charge is -2.29. The number of methoxy groups -OCH3 is 2. The second kappa shape index (κ2) is 11.0. The number of H-pyrrole nitrogens is 1. The zero-order chi connectivity index (χ0) is 23.1. The second-order valence-electron chi connectivity index (χ2n) is 8.36. The fourth-order valence-corrected chi connectivity index (χ4v) is 2.62. The van der Waals surface area contributed by atoms with Gasteiger partial charge in [-0.1, -0.05) is 20.8 Å². The maximum Gasteiger partial charge on any atom is 0.410 e. The molecule has 0 aliphatic carbocycles. The normalized spacial score (nSPS) is 13.4. The first-order chi connectivity index (χ1) is 13.9. The number of carbonyl (C=O) groups excluding carboxylic acids is 2. The first kappa shape index (κ1) is 25.4. The first-order valence-corrected chi connectivity index (χ1v) is 9.75. The maximum atomic E-state index is 12.6. The minimum absolute atomic E-state index is 0.0151. The Morgan fingerprint density at radius 2 is 1.87 bits per heavy atom. The van der Waals surface area contributed by atoms with Crippen molar-refractivity contribution < 1.29 is 28.9 Å². The average Bonchev–Trinajstić information content (AvgIpc) is 2.69. The van der Waals surface area contributed by atoms with Gasteiger partial charge in [0.2, 0.25) is 5.75 Å². The van der Waals surface area contributed by atoms with E-state index in [0.717, 1.165) is 7.11 Å². The van der Waals surface area contributed by atoms with Gasteiger partial charge in [0, 0.05) is 14.2 Å². The molecule has 0 aliphatic heterocycles. The van der Waals surface area contributed by atoms with E-state index in [1.54, 1.807) is 7.11 Å². The summed E-state index contributed by atoms with van der Waals surface area (Å²) in [4.78, 5) is 44.5. The number of aromatic amines is 1. The summed E-state index contributed by atoms with van der Waals surface area (Å²) < 4.78 is 15.2. The Morgan fingerprint density at radius 3 is 2.40 bits per heavy atom. The molecule has 1 amide bonds. The highest BCUT2D eigenvalue weighted by Gasteiger charge is 2.29. The Morgan fingerprint density at radius 1 is 1.23 bits per heavy atom. The monoisotopic (exact) mass is 427 g/mol. The highest BCUT2D eigenvalue weighted by molar-refractivity contribution is 5.89. The lowest BCUT2D eigenvalue weighted by atomic mass is 9.99. The first-order valence-electron chi connectivity index (χ1n) is 9.75. The zero-order valence-corrected chi connectivity index (χ0v) is 18.8. The summed E-state index contributed by atoms with van der Waals surface area (Å²) in [5, 5.41) is 9.88. The van der Waals surface area contributed by atoms with Gasteiger partial charge < -0.3 is 29.2 Å². The molecule has 1 aromatic rings. The molecule has 10 heteroatoms. The van der Waals surface area contributed by atoms with Gasteiger partial charge >= 0.3 is 12.1 Å². The second-order valence-corrected chi connectivity index (χ2v) is 8.36. The van der Waals surface area contributed by atoms with Gasteiger partial charge in [0.1, 0.15) is 5.82 Å². The molecule has 1 heterocycles. The fourth-order valence-electron chi connectivity index (χ4n) is 2.62. The van der Waals surface area contributed by atoms with Gasteiger partial charge in [-0.15, -0.1) is 0 Å². The number of nitrogens with one attached hydrogen (secondary N) is 1. The van der Waals surface area contributed by atoms with Crippen LogP contribution < -0.4 is 5.56 Å². The van der Waals surface area contributed by atoms with Gasteiger partial charge in [0.15, 0.2) is 5.69 Å². The van der Waals surface area contributed by atoms with E-state index in [0.29, 0.717) is 19.3 Å². The van der Waals surface area contributed by atoms with E-state index in [4.69, 9.17) is 9.47 Å². The highest BCUT2D eigenvalue weighted by atomic mass is 16.6. The van der Waals surface area contributed by atoms with Crippen LogP contribution >= 0.6 is 0 Å². The summed E-state index contributed by atoms with van der Waals surface area (Å²) in [6.07, 6.45) is 1.20. The molecule has 0 bridgehead atoms. The molecule has 30 heavy (non-hydrogen) atoms. The topological polar surface area (TPSA) is 131 Å². The molecule has 1 rings (SSSR count). The SMILES string of the molecule is COC(=O)c1nc(C(CCCC(C)OC)N(C)C(=O)OCC(C)(C)C)[nH]c(=O)c1O. The average molecular weight is 427 g/mol. The Bertz CT molecular complexity index is 786. The molecule has 2 atom stereocenters. The summed E-state index contributed by atoms with van der Waals surface area (Å²) in [6.45, 7) is 7.94. The number of carbonyl (C=O) groups is 2. The van der Waals surface area contributed by atoms with E-state index in [9.17, 15) is 19.5 Å². The molecule has 0 saturated heterocycles. The summed E-state index contributed by atoms with van der Waals surface area (Å²) in [5.41, 5.74) is -1.63. The quantitative estimate of drug-likeness (QED) is 0.575. The molecule has 1 aromatic heterocycles. The maximum absolute atomic E-state index is 12.6. The largest absolute Gasteiger partial charge is 0.501 e. The lowest BCUT2D eigenvalue weighted by Crippen LogP contribution is -2.36. The Balaban J connectivity index is 3.23. The number of amides is 1. The van der Waals surface area contributed by atoms with Crippen LogP contribution in [0.5, 0.6) is 5.75 Å². The van der Waals surface area contributed by atoms with Crippen molar-refractivity contribution in [2.24, 2.45) is 5.41 Å². The molecule has 0 aromatic carbocycles. The van der Waals surface area contributed by atoms with Gasteiger partial charge in [-0.25, -0.2) is 14.6 Å². The number of aromatic hydroxyl groups is 1. The molecule has 0 aliphatic rings. The van der Waals surface area contributed by atoms with Crippen molar-refractivity contribution in [1.82, 2.24) is 14.9 Å². The lowest BCUT2D eigenvalue weighted by molar-refractivity contribution is 0.0586. The minimum atomic E-state index is -0.954. The Hall–Kier alpha value is -2.62. The molecular formula is C20H33N3O7. The molecule has 0 spiro atoms. The number of hydrogen-bond donors (Lipinski definition) is 2. The zero-order valence-electron chi connectivity index (χ0n) is 18.8. The number of aromatic nitrogens is 2. The van der Waals surface area contributed by atoms with Crippen LogP contribution in [0.3, 0.4) is 0 Å². The van der Waals surface area contributed by atoms with E-state index in [1.165, 1.54) is 11.9 Å². The molecule has 2 N–H and O–H groups in total. The predicted molar refractivity (Wildman–Crippen MR) is 109 cm³/mol. The summed E-state index contributed by atoms with van der Waals surface area (Å²) >= 11 is 0. The van der Waals surface area contributed by atoms with Crippen LogP contribution in [-0.2, 0) is 14.2 Å². The molecule has 0 radical (unpaired) electrons. The van der Waals surface area contributed by atoms with Gasteiger partial charge in [0.05, 0.1) is 25.9 Å². The van der Waals surface area contributed by atoms with Crippen LogP contribution in [0, 0.1) is 5.41 Å². The minimum Gasteiger partial charge on any atom is -0.501 e. The van der Waals surface area contributed by atoms with Crippen LogP contribution in [0.25, 0.3) is 0 Å². The van der Waals surface area contributed by atoms with E-state index in [-0.39, 0.29) is 24.0 Å². The Labute approximate surface area is 176 Å². The molecule has 10 nitrogen and oxygen atoms in total. The van der Waals surface area contributed by atoms with Crippen LogP contribution in [0.15, 0.2) is 4.79 Å². The molecule has 0 fully saturated rings. The Kier molecular flexibility index (Phi) is 9.28. The van der Waals surface area contributed by atoms with Crippen molar-refractivity contribution in [3.63, 3.8) is 0 Å². The van der Waals surface area contributed by atoms with Crippen LogP contribution in [0.2, 0.25) is 0 Å². The summed E-state index contributed by atoms with van der Waals surface area (Å²) in [6, 6.07) is -0.696. The molecular weight excluding hydrogens is 394 g/mol. The summed E-state index contributed by atoms with van der Waals surface area (Å²) in [5.74, 6) is -1.74. The van der Waals surface area contributed by atoms with Crippen LogP contribution in [0.4, 0.5) is 4.79 Å². The van der Waals surface area contributed by atoms with E-state index < -0.39 is 35.1 Å². The van der Waals surface area contributed by atoms with Gasteiger partial charge in [-0.05, 0) is 31.6 Å². The van der Waals surface area contributed by atoms with Gasteiger partial charge in [-0.2, -0.15) is 0 Å². The summed E-state index contributed by atoms with van der Waals surface area (Å²) in [7, 11) is 4.25. The third-order valence-corrected chi connectivity index (χ3v) is 4.48. The number of ether oxygens (including phenoxy) is 3. The number of esters is 1. The fraction of sp³-hybridized carbons (Fsp3) is 0.700. The van der Waals surface area contributed by atoms with Crippen molar-refractivity contribution >= 4 is 12.1 Å². The highest BCUT2D eigenvalue weighted by Crippen LogP contribution is 2.25. The number of hydrogen-bond acceptors (Lipinski definition) is 8. The van der Waals surface area contributed by atoms with E-state index in [1.807, 2.05) is 27.7 Å². The number of nitrogens with zero attached hydrogens (tertiary/aromatic N) is 2. The number of rotatable bonds is 9. The third kappa shape index (κ3) is 7.33. The van der Waals surface area contributed by atoms with Gasteiger partial charge in [0.25, 0.3) is 5.56 Å². The van der Waals surface area contributed by atoms with E-state index in [2.05, 4.69) is 14.7 Å². The van der Waals surface area contributed by atoms with Crippen molar-refractivity contribution in [2.75, 3.05) is 27.9 Å². The van der Waals surface area contributed by atoms with Crippen molar-refractivity contribution in [2.45, 2.75) is 59.1 Å². The molecule has 2 unspecified atom stereocenters. The van der Waals surface area contributed by atoms with Crippen LogP contribution in [0.1, 0.15) is 69.3 Å². The third-order valence-electron chi connectivity index (χ3n) is 4.48. The van der Waals surface area contributed by atoms with Gasteiger partial charge in [-0.3, -0.25) is 4.79 Å². The van der Waals surface area contributed by atoms with Crippen LogP contribution in [-0.4, -0.2) is 66.0 Å². The standard InChI is InChI=1S/C20H33N3O7/c1-12(28-6)9-8-10-13(23(5)19(27)30-11-20(2,3)4)16-21-14(18(26)29-7)15(24)17(25)22-16/h12-13,24H,8-11H2,1-7H3,(H,21,22,25). The van der Waals surface area contributed by atoms with E-state index >= 15 is 0 Å². The smallest absolute Gasteiger partial charge is 0.410 e. The molecule has 170 valence electrons. The predicted octanol–water partition coefficient (Wildman–Crippen LogP) is 2.62. The van der Waals surface area contributed by atoms with Crippen molar-refractivity contribution in [3.05, 3.63) is 21.9 Å². The van der Waals surface area contributed by atoms with Crippen molar-refractivity contribution in [1.29, 1.82) is 0 Å². The van der Waals surface area contributed by atoms with Crippen molar-refractivity contribution in [3.8, 4) is 5.75 Å². The molecule has 0 saturated carbocycles.